The van der Waals surface area contributed by atoms with Crippen molar-refractivity contribution >= 4 is 17.5 Å². The fraction of sp³-hybridized carbons (Fsp3) is 0.500. The molecule has 0 unspecified atom stereocenters. The van der Waals surface area contributed by atoms with Gasteiger partial charge in [0.05, 0.1) is 26.4 Å². The fourth-order valence-electron chi connectivity index (χ4n) is 2.16. The number of ether oxygens (including phenoxy) is 3. The van der Waals surface area contributed by atoms with E-state index in [-0.39, 0.29) is 11.8 Å². The van der Waals surface area contributed by atoms with Crippen molar-refractivity contribution in [1.29, 1.82) is 0 Å². The number of benzene rings is 1. The summed E-state index contributed by atoms with van der Waals surface area (Å²) in [7, 11) is 1.64. The lowest BCUT2D eigenvalue weighted by molar-refractivity contribution is -0.121. The van der Waals surface area contributed by atoms with Crippen LogP contribution in [-0.2, 0) is 30.2 Å². The molecule has 0 saturated heterocycles. The van der Waals surface area contributed by atoms with Gasteiger partial charge < -0.3 is 24.8 Å². The van der Waals surface area contributed by atoms with Crippen molar-refractivity contribution in [3.8, 4) is 0 Å². The van der Waals surface area contributed by atoms with Crippen LogP contribution in [0.3, 0.4) is 0 Å². The lowest BCUT2D eigenvalue weighted by Crippen LogP contribution is -2.25. The maximum absolute atomic E-state index is 11.9. The molecule has 0 fully saturated rings. The average molecular weight is 378 g/mol. The Kier molecular flexibility index (Phi) is 12.6. The Morgan fingerprint density at radius 2 is 1.70 bits per heavy atom. The molecule has 27 heavy (non-hydrogen) atoms. The van der Waals surface area contributed by atoms with E-state index in [1.165, 1.54) is 6.08 Å². The van der Waals surface area contributed by atoms with Gasteiger partial charge in [0.2, 0.25) is 11.8 Å². The lowest BCUT2D eigenvalue weighted by Gasteiger charge is -2.07. The molecule has 150 valence electrons. The summed E-state index contributed by atoms with van der Waals surface area (Å²) in [6.07, 6.45) is 3.06. The van der Waals surface area contributed by atoms with Crippen LogP contribution in [0, 0.1) is 0 Å². The minimum absolute atomic E-state index is 0.0157. The van der Waals surface area contributed by atoms with Gasteiger partial charge in [-0.25, -0.2) is 0 Å². The molecule has 0 aliphatic rings. The van der Waals surface area contributed by atoms with Gasteiger partial charge in [0, 0.05) is 32.4 Å². The molecule has 7 nitrogen and oxygen atoms in total. The maximum atomic E-state index is 11.9. The minimum Gasteiger partial charge on any atom is -0.382 e. The summed E-state index contributed by atoms with van der Waals surface area (Å²) >= 11 is 0. The smallest absolute Gasteiger partial charge is 0.247 e. The fourth-order valence-corrected chi connectivity index (χ4v) is 2.16. The van der Waals surface area contributed by atoms with E-state index in [4.69, 9.17) is 14.2 Å². The van der Waals surface area contributed by atoms with Gasteiger partial charge >= 0.3 is 0 Å². The van der Waals surface area contributed by atoms with E-state index < -0.39 is 0 Å². The highest BCUT2D eigenvalue weighted by atomic mass is 16.5. The molecule has 0 radical (unpaired) electrons. The molecule has 0 heterocycles. The average Bonchev–Trinajstić information content (AvgIpc) is 2.68. The first-order valence-corrected chi connectivity index (χ1v) is 9.09. The normalized spacial score (nSPS) is 10.4. The largest absolute Gasteiger partial charge is 0.382 e. The molecule has 0 aliphatic heterocycles. The van der Waals surface area contributed by atoms with Crippen LogP contribution in [0.25, 0.3) is 0 Å². The molecule has 0 aliphatic carbocycles. The zero-order valence-electron chi connectivity index (χ0n) is 16.0. The minimum atomic E-state index is -0.246. The third kappa shape index (κ3) is 11.9. The number of carbonyl (C=O) groups is 2. The van der Waals surface area contributed by atoms with Crippen molar-refractivity contribution in [2.75, 3.05) is 52.0 Å². The third-order valence-electron chi connectivity index (χ3n) is 3.64. The molecule has 2 amide bonds. The zero-order chi connectivity index (χ0) is 19.7. The third-order valence-corrected chi connectivity index (χ3v) is 3.64. The Bertz CT molecular complexity index is 560. The number of hydrogen-bond donors (Lipinski definition) is 2. The summed E-state index contributed by atoms with van der Waals surface area (Å²) in [5.41, 5.74) is 1.75. The zero-order valence-corrected chi connectivity index (χ0v) is 16.0. The maximum Gasteiger partial charge on any atom is 0.247 e. The number of methoxy groups -OCH3 is 1. The predicted molar refractivity (Wildman–Crippen MR) is 105 cm³/mol. The van der Waals surface area contributed by atoms with Crippen LogP contribution in [0.4, 0.5) is 5.69 Å². The number of carbonyl (C=O) groups excluding carboxylic acids is 2. The quantitative estimate of drug-likeness (QED) is 0.360. The van der Waals surface area contributed by atoms with Crippen molar-refractivity contribution in [2.24, 2.45) is 0 Å². The second-order valence-electron chi connectivity index (χ2n) is 5.81. The van der Waals surface area contributed by atoms with Crippen LogP contribution < -0.4 is 10.6 Å². The standard InChI is InChI=1S/C20H30N2O5/c1-3-19(23)22-18-8-5-17(6-9-18)7-10-20(24)21-11-4-12-26-15-16-27-14-13-25-2/h3,5-6,8-9H,1,4,7,10-16H2,2H3,(H,21,24)(H,22,23). The molecule has 0 saturated carbocycles. The van der Waals surface area contributed by atoms with E-state index in [0.29, 0.717) is 58.1 Å². The second kappa shape index (κ2) is 14.9. The van der Waals surface area contributed by atoms with Crippen molar-refractivity contribution in [2.45, 2.75) is 19.3 Å². The highest BCUT2D eigenvalue weighted by Crippen LogP contribution is 2.11. The number of amides is 2. The molecular formula is C20H30N2O5. The highest BCUT2D eigenvalue weighted by molar-refractivity contribution is 5.98. The summed E-state index contributed by atoms with van der Waals surface area (Å²) in [6.45, 7) is 6.84. The first-order chi connectivity index (χ1) is 13.2. The Balaban J connectivity index is 2.04. The Morgan fingerprint density at radius 3 is 2.37 bits per heavy atom. The van der Waals surface area contributed by atoms with E-state index >= 15 is 0 Å². The van der Waals surface area contributed by atoms with Gasteiger partial charge in [-0.15, -0.1) is 0 Å². The van der Waals surface area contributed by atoms with Gasteiger partial charge in [0.1, 0.15) is 0 Å². The summed E-state index contributed by atoms with van der Waals surface area (Å²) in [6, 6.07) is 7.42. The van der Waals surface area contributed by atoms with Crippen molar-refractivity contribution in [3.05, 3.63) is 42.5 Å². The van der Waals surface area contributed by atoms with Gasteiger partial charge in [0.15, 0.2) is 0 Å². The van der Waals surface area contributed by atoms with Crippen LogP contribution in [0.15, 0.2) is 36.9 Å². The van der Waals surface area contributed by atoms with E-state index in [2.05, 4.69) is 17.2 Å². The molecule has 7 heteroatoms. The van der Waals surface area contributed by atoms with Gasteiger partial charge in [-0.3, -0.25) is 9.59 Å². The van der Waals surface area contributed by atoms with Gasteiger partial charge in [0.25, 0.3) is 0 Å². The number of rotatable bonds is 15. The predicted octanol–water partition coefficient (Wildman–Crippen LogP) is 1.93. The first-order valence-electron chi connectivity index (χ1n) is 9.09. The Hall–Kier alpha value is -2.22. The summed E-state index contributed by atoms with van der Waals surface area (Å²) in [5.74, 6) is -0.230. The van der Waals surface area contributed by atoms with Crippen molar-refractivity contribution in [1.82, 2.24) is 5.32 Å². The molecule has 0 bridgehead atoms. The van der Waals surface area contributed by atoms with Gasteiger partial charge in [-0.1, -0.05) is 18.7 Å². The van der Waals surface area contributed by atoms with E-state index in [1.807, 2.05) is 24.3 Å². The van der Waals surface area contributed by atoms with Gasteiger partial charge in [-0.05, 0) is 36.6 Å². The molecule has 0 spiro atoms. The number of hydrogen-bond acceptors (Lipinski definition) is 5. The molecule has 0 atom stereocenters. The van der Waals surface area contributed by atoms with Crippen molar-refractivity contribution in [3.63, 3.8) is 0 Å². The molecule has 1 aromatic carbocycles. The van der Waals surface area contributed by atoms with E-state index in [1.54, 1.807) is 7.11 Å². The SMILES string of the molecule is C=CC(=O)Nc1ccc(CCC(=O)NCCCOCCOCCOC)cc1. The number of anilines is 1. The molecular weight excluding hydrogens is 348 g/mol. The summed E-state index contributed by atoms with van der Waals surface area (Å²) < 4.78 is 15.6. The topological polar surface area (TPSA) is 85.9 Å². The Labute approximate surface area is 161 Å². The van der Waals surface area contributed by atoms with E-state index in [9.17, 15) is 9.59 Å². The summed E-state index contributed by atoms with van der Waals surface area (Å²) in [4.78, 5) is 23.1. The van der Waals surface area contributed by atoms with Gasteiger partial charge in [-0.2, -0.15) is 0 Å². The number of nitrogens with one attached hydrogen (secondary N) is 2. The molecule has 1 rings (SSSR count). The Morgan fingerprint density at radius 1 is 1.04 bits per heavy atom. The number of aryl methyl sites for hydroxylation is 1. The van der Waals surface area contributed by atoms with Crippen LogP contribution in [-0.4, -0.2) is 58.5 Å². The first kappa shape index (κ1) is 22.8. The second-order valence-corrected chi connectivity index (χ2v) is 5.81. The van der Waals surface area contributed by atoms with Crippen LogP contribution >= 0.6 is 0 Å². The van der Waals surface area contributed by atoms with E-state index in [0.717, 1.165) is 12.0 Å². The summed E-state index contributed by atoms with van der Waals surface area (Å²) in [5, 5.41) is 5.57. The molecule has 2 N–H and O–H groups in total. The van der Waals surface area contributed by atoms with Crippen LogP contribution in [0.1, 0.15) is 18.4 Å². The molecule has 0 aromatic heterocycles. The highest BCUT2D eigenvalue weighted by Gasteiger charge is 2.03. The van der Waals surface area contributed by atoms with Crippen LogP contribution in [0.5, 0.6) is 0 Å². The lowest BCUT2D eigenvalue weighted by atomic mass is 10.1. The van der Waals surface area contributed by atoms with Crippen LogP contribution in [0.2, 0.25) is 0 Å². The molecule has 1 aromatic rings. The monoisotopic (exact) mass is 378 g/mol. The van der Waals surface area contributed by atoms with Crippen molar-refractivity contribution < 1.29 is 23.8 Å².